The number of para-hydroxylation sites is 4. The smallest absolute Gasteiger partial charge is 0.0562 e. The van der Waals surface area contributed by atoms with Gasteiger partial charge in [-0.05, 0) is 54.6 Å². The zero-order chi connectivity index (χ0) is 35.3. The predicted molar refractivity (Wildman–Crippen MR) is 215 cm³/mol. The number of fused-ring (bicyclic) bond motifs is 3. The molecule has 0 atom stereocenters. The molecule has 6 aromatic rings. The Morgan fingerprint density at radius 3 is 1.17 bits per heavy atom. The molecule has 1 heterocycles. The molecule has 1 aromatic heterocycles. The van der Waals surface area contributed by atoms with Gasteiger partial charge in [0.2, 0.25) is 0 Å². The van der Waals surface area contributed by atoms with Crippen molar-refractivity contribution < 1.29 is 0 Å². The topological polar surface area (TPSA) is 8.17 Å². The molecule has 2 nitrogen and oxygen atoms in total. The Balaban J connectivity index is 0. The summed E-state index contributed by atoms with van der Waals surface area (Å²) in [6, 6.07) is 47.1. The lowest BCUT2D eigenvalue weighted by atomic mass is 10.1. The van der Waals surface area contributed by atoms with Crippen molar-refractivity contribution in [2.24, 2.45) is 0 Å². The van der Waals surface area contributed by atoms with Crippen LogP contribution in [0.5, 0.6) is 0 Å². The number of rotatable bonds is 4. The van der Waals surface area contributed by atoms with Crippen molar-refractivity contribution in [3.05, 3.63) is 133 Å². The van der Waals surface area contributed by atoms with Gasteiger partial charge in [0.05, 0.1) is 16.7 Å². The number of hydrogen-bond donors (Lipinski definition) is 0. The molecule has 0 amide bonds. The number of anilines is 3. The van der Waals surface area contributed by atoms with Gasteiger partial charge in [-0.2, -0.15) is 0 Å². The van der Waals surface area contributed by atoms with Gasteiger partial charge < -0.3 is 9.47 Å². The third-order valence-corrected chi connectivity index (χ3v) is 5.96. The second kappa shape index (κ2) is 28.2. The number of benzene rings is 5. The van der Waals surface area contributed by atoms with Crippen molar-refractivity contribution in [1.82, 2.24) is 4.57 Å². The fourth-order valence-corrected chi connectivity index (χ4v) is 4.62. The summed E-state index contributed by atoms with van der Waals surface area (Å²) in [6.07, 6.45) is 0. The van der Waals surface area contributed by atoms with Crippen LogP contribution in [0.2, 0.25) is 0 Å². The molecular formula is C44H64N2. The van der Waals surface area contributed by atoms with E-state index in [0.29, 0.717) is 0 Å². The van der Waals surface area contributed by atoms with Crippen LogP contribution in [0.1, 0.15) is 96.9 Å². The van der Waals surface area contributed by atoms with Crippen LogP contribution in [0.3, 0.4) is 0 Å². The fourth-order valence-electron chi connectivity index (χ4n) is 4.62. The maximum absolute atomic E-state index is 2.36. The van der Waals surface area contributed by atoms with Crippen LogP contribution in [0.4, 0.5) is 17.1 Å². The summed E-state index contributed by atoms with van der Waals surface area (Å²) in [5.41, 5.74) is 7.03. The quantitative estimate of drug-likeness (QED) is 0.190. The largest absolute Gasteiger partial charge is 0.310 e. The molecular weight excluding hydrogens is 556 g/mol. The van der Waals surface area contributed by atoms with Crippen LogP contribution in [0.15, 0.2) is 133 Å². The normalized spacial score (nSPS) is 8.65. The molecule has 5 aromatic carbocycles. The number of hydrogen-bond acceptors (Lipinski definition) is 1. The van der Waals surface area contributed by atoms with Crippen LogP contribution in [0, 0.1) is 0 Å². The van der Waals surface area contributed by atoms with Crippen LogP contribution < -0.4 is 4.90 Å². The second-order valence-electron chi connectivity index (χ2n) is 7.87. The van der Waals surface area contributed by atoms with E-state index in [4.69, 9.17) is 0 Å². The molecule has 0 saturated heterocycles. The molecule has 2 heteroatoms. The van der Waals surface area contributed by atoms with E-state index in [1.54, 1.807) is 0 Å². The highest BCUT2D eigenvalue weighted by Crippen LogP contribution is 2.43. The van der Waals surface area contributed by atoms with Crippen LogP contribution in [-0.4, -0.2) is 4.57 Å². The average Bonchev–Trinajstić information content (AvgIpc) is 3.54. The Hall–Kier alpha value is -4.30. The summed E-state index contributed by atoms with van der Waals surface area (Å²) in [4.78, 5) is 2.35. The molecule has 0 saturated carbocycles. The first kappa shape index (κ1) is 43.8. The van der Waals surface area contributed by atoms with E-state index in [2.05, 4.69) is 143 Å². The van der Waals surface area contributed by atoms with E-state index in [-0.39, 0.29) is 0 Å². The Morgan fingerprint density at radius 1 is 0.348 bits per heavy atom. The van der Waals surface area contributed by atoms with Gasteiger partial charge in [0.25, 0.3) is 0 Å². The summed E-state index contributed by atoms with van der Waals surface area (Å²) in [5.74, 6) is 0. The monoisotopic (exact) mass is 621 g/mol. The van der Waals surface area contributed by atoms with Gasteiger partial charge in [-0.3, -0.25) is 0 Å². The molecule has 0 bridgehead atoms. The van der Waals surface area contributed by atoms with E-state index in [0.717, 1.165) is 11.4 Å². The molecule has 0 radical (unpaired) electrons. The van der Waals surface area contributed by atoms with Gasteiger partial charge >= 0.3 is 0 Å². The Kier molecular flexibility index (Phi) is 26.9. The third-order valence-electron chi connectivity index (χ3n) is 5.96. The highest BCUT2D eigenvalue weighted by molar-refractivity contribution is 6.16. The van der Waals surface area contributed by atoms with Gasteiger partial charge in [0.15, 0.2) is 0 Å². The SMILES string of the molecule is CC.CC.CC.CC.CC.CC.CC.c1ccc(N(c2ccccc2)c2cccc3c2c2ccccc2n3-c2ccccc2)cc1. The second-order valence-corrected chi connectivity index (χ2v) is 7.87. The lowest BCUT2D eigenvalue weighted by Crippen LogP contribution is -2.10. The minimum absolute atomic E-state index is 1.14. The van der Waals surface area contributed by atoms with Crippen LogP contribution in [-0.2, 0) is 0 Å². The molecule has 0 aliphatic rings. The fraction of sp³-hybridized carbons (Fsp3) is 0.318. The van der Waals surface area contributed by atoms with Gasteiger partial charge in [0.1, 0.15) is 0 Å². The molecule has 6 rings (SSSR count). The van der Waals surface area contributed by atoms with E-state index in [1.807, 2.05) is 96.9 Å². The lowest BCUT2D eigenvalue weighted by Gasteiger charge is -2.26. The highest BCUT2D eigenvalue weighted by atomic mass is 15.1. The summed E-state index contributed by atoms with van der Waals surface area (Å²) < 4.78 is 2.36. The van der Waals surface area contributed by atoms with Crippen LogP contribution >= 0.6 is 0 Å². The number of nitrogens with zero attached hydrogens (tertiary/aromatic N) is 2. The molecule has 0 aliphatic heterocycles. The lowest BCUT2D eigenvalue weighted by molar-refractivity contribution is 1.18. The zero-order valence-electron chi connectivity index (χ0n) is 31.6. The maximum atomic E-state index is 2.36. The number of aromatic nitrogens is 1. The van der Waals surface area contributed by atoms with E-state index in [1.165, 1.54) is 33.2 Å². The van der Waals surface area contributed by atoms with Gasteiger partial charge in [-0.1, -0.05) is 176 Å². The standard InChI is InChI=1S/C30H22N2.7C2H6/c1-4-13-23(14-5-1)31(24-15-6-2-7-16-24)28-21-12-22-29-30(28)26-19-10-11-20-27(26)32(29)25-17-8-3-9-18-25;7*1-2/h1-22H;7*1-2H3. The molecule has 0 fully saturated rings. The highest BCUT2D eigenvalue weighted by Gasteiger charge is 2.20. The molecule has 0 aliphatic carbocycles. The summed E-state index contributed by atoms with van der Waals surface area (Å²) in [7, 11) is 0. The molecule has 0 unspecified atom stereocenters. The maximum Gasteiger partial charge on any atom is 0.0562 e. The zero-order valence-corrected chi connectivity index (χ0v) is 31.6. The van der Waals surface area contributed by atoms with Gasteiger partial charge in [-0.25, -0.2) is 0 Å². The molecule has 250 valence electrons. The van der Waals surface area contributed by atoms with E-state index < -0.39 is 0 Å². The first-order chi connectivity index (χ1) is 22.9. The van der Waals surface area contributed by atoms with Crippen molar-refractivity contribution in [1.29, 1.82) is 0 Å². The Labute approximate surface area is 283 Å². The van der Waals surface area contributed by atoms with Gasteiger partial charge in [-0.15, -0.1) is 0 Å². The van der Waals surface area contributed by atoms with Crippen molar-refractivity contribution in [3.63, 3.8) is 0 Å². The van der Waals surface area contributed by atoms with Gasteiger partial charge in [0, 0.05) is 27.8 Å². The van der Waals surface area contributed by atoms with Crippen molar-refractivity contribution >= 4 is 38.9 Å². The van der Waals surface area contributed by atoms with Crippen molar-refractivity contribution in [2.75, 3.05) is 4.90 Å². The van der Waals surface area contributed by atoms with E-state index in [9.17, 15) is 0 Å². The molecule has 0 N–H and O–H groups in total. The summed E-state index contributed by atoms with van der Waals surface area (Å²) >= 11 is 0. The Morgan fingerprint density at radius 2 is 0.717 bits per heavy atom. The van der Waals surface area contributed by atoms with Crippen molar-refractivity contribution in [2.45, 2.75) is 96.9 Å². The van der Waals surface area contributed by atoms with Crippen LogP contribution in [0.25, 0.3) is 27.5 Å². The van der Waals surface area contributed by atoms with Crippen molar-refractivity contribution in [3.8, 4) is 5.69 Å². The third kappa shape index (κ3) is 11.2. The molecule has 0 spiro atoms. The summed E-state index contributed by atoms with van der Waals surface area (Å²) in [6.45, 7) is 28.0. The summed E-state index contributed by atoms with van der Waals surface area (Å²) in [5, 5.41) is 2.50. The minimum atomic E-state index is 1.14. The first-order valence-corrected chi connectivity index (χ1v) is 17.9. The van der Waals surface area contributed by atoms with E-state index >= 15 is 0 Å². The average molecular weight is 621 g/mol. The predicted octanol–water partition coefficient (Wildman–Crippen LogP) is 15.4. The first-order valence-electron chi connectivity index (χ1n) is 17.9. The minimum Gasteiger partial charge on any atom is -0.310 e. The molecule has 46 heavy (non-hydrogen) atoms. The Bertz CT molecular complexity index is 1460.